The summed E-state index contributed by atoms with van der Waals surface area (Å²) in [6.07, 6.45) is 6.57. The Balaban J connectivity index is 0.930. The second-order valence-corrected chi connectivity index (χ2v) is 15.6. The number of nitrogens with one attached hydrogen (secondary N) is 2. The molecule has 14 heteroatoms. The van der Waals surface area contributed by atoms with Crippen molar-refractivity contribution in [1.82, 2.24) is 24.9 Å². The Bertz CT molecular complexity index is 1940. The Hall–Kier alpha value is -4.49. The van der Waals surface area contributed by atoms with Crippen LogP contribution in [0.5, 0.6) is 5.75 Å². The van der Waals surface area contributed by atoms with Crippen molar-refractivity contribution in [2.45, 2.75) is 62.8 Å². The minimum absolute atomic E-state index is 0.0437. The number of nitrogens with zero attached hydrogens (tertiary/aromatic N) is 5. The number of anilines is 2. The van der Waals surface area contributed by atoms with Crippen LogP contribution < -0.4 is 25.8 Å². The smallest absolute Gasteiger partial charge is 0.287 e. The van der Waals surface area contributed by atoms with Crippen molar-refractivity contribution in [3.8, 4) is 5.75 Å². The fraction of sp³-hybridized carbons (Fsp3) is 0.513. The average Bonchev–Trinajstić information content (AvgIpc) is 3.15. The number of carbonyl (C=O) groups is 3. The number of hydrogen-bond acceptors (Lipinski definition) is 9. The third kappa shape index (κ3) is 7.64. The molecule has 4 aliphatic rings. The van der Waals surface area contributed by atoms with Gasteiger partial charge in [0.15, 0.2) is 0 Å². The predicted molar refractivity (Wildman–Crippen MR) is 200 cm³/mol. The van der Waals surface area contributed by atoms with Gasteiger partial charge in [0.1, 0.15) is 16.6 Å². The van der Waals surface area contributed by atoms with E-state index in [0.717, 1.165) is 50.8 Å². The number of aryl methyl sites for hydroxylation is 1. The van der Waals surface area contributed by atoms with Gasteiger partial charge in [0.05, 0.1) is 30.6 Å². The van der Waals surface area contributed by atoms with Crippen LogP contribution in [0.4, 0.5) is 15.8 Å². The summed E-state index contributed by atoms with van der Waals surface area (Å²) in [4.78, 5) is 56.3. The molecule has 12 nitrogen and oxygen atoms in total. The number of aromatic nitrogens is 2. The zero-order chi connectivity index (χ0) is 37.4. The quantitative estimate of drug-likeness (QED) is 0.336. The first-order valence-electron chi connectivity index (χ1n) is 18.5. The zero-order valence-corrected chi connectivity index (χ0v) is 31.3. The van der Waals surface area contributed by atoms with E-state index in [1.807, 2.05) is 17.0 Å². The summed E-state index contributed by atoms with van der Waals surface area (Å²) >= 11 is 6.32. The van der Waals surface area contributed by atoms with E-state index in [9.17, 15) is 19.2 Å². The number of hydrogen-bond donors (Lipinski definition) is 2. The molecule has 2 aromatic carbocycles. The molecule has 3 atom stereocenters. The van der Waals surface area contributed by atoms with Crippen LogP contribution in [0.1, 0.15) is 78.3 Å². The molecule has 0 radical (unpaired) electrons. The van der Waals surface area contributed by atoms with E-state index < -0.39 is 17.6 Å². The highest BCUT2D eigenvalue weighted by molar-refractivity contribution is 6.32. The third-order valence-corrected chi connectivity index (χ3v) is 12.3. The van der Waals surface area contributed by atoms with Crippen molar-refractivity contribution in [2.75, 3.05) is 63.6 Å². The number of ether oxygens (including phenoxy) is 1. The lowest BCUT2D eigenvalue weighted by Gasteiger charge is -2.47. The van der Waals surface area contributed by atoms with Crippen molar-refractivity contribution in [3.63, 3.8) is 0 Å². The summed E-state index contributed by atoms with van der Waals surface area (Å²) in [5.41, 5.74) is 3.08. The SMILES string of the molecule is COc1cc(N2CCC3(CCN(C(=O)c4ccc(C5CC(Nc6cnn(C)c(=O)c6Cl)CN(C)C5)cc4)CC3)CC2)c(F)cc1C1CCC(=O)NC1=O. The summed E-state index contributed by atoms with van der Waals surface area (Å²) < 4.78 is 22.4. The Morgan fingerprint density at radius 1 is 1.02 bits per heavy atom. The molecule has 0 aliphatic carbocycles. The first-order valence-corrected chi connectivity index (χ1v) is 18.8. The summed E-state index contributed by atoms with van der Waals surface area (Å²) in [5.74, 6) is -1.03. The molecule has 0 bridgehead atoms. The molecule has 3 aromatic rings. The second-order valence-electron chi connectivity index (χ2n) is 15.2. The van der Waals surface area contributed by atoms with Crippen LogP contribution in [0, 0.1) is 11.2 Å². The predicted octanol–water partition coefficient (Wildman–Crippen LogP) is 4.52. The lowest BCUT2D eigenvalue weighted by Crippen LogP contribution is -2.48. The van der Waals surface area contributed by atoms with E-state index in [1.54, 1.807) is 19.3 Å². The monoisotopic (exact) mass is 747 g/mol. The molecule has 3 unspecified atom stereocenters. The number of imide groups is 1. The van der Waals surface area contributed by atoms with Gasteiger partial charge in [-0.3, -0.25) is 24.5 Å². The summed E-state index contributed by atoms with van der Waals surface area (Å²) in [6.45, 7) is 4.43. The maximum atomic E-state index is 15.6. The molecule has 0 saturated carbocycles. The van der Waals surface area contributed by atoms with Crippen LogP contribution in [0.25, 0.3) is 0 Å². The highest BCUT2D eigenvalue weighted by atomic mass is 35.5. The van der Waals surface area contributed by atoms with E-state index in [2.05, 4.69) is 44.7 Å². The van der Waals surface area contributed by atoms with E-state index in [4.69, 9.17) is 16.3 Å². The topological polar surface area (TPSA) is 129 Å². The molecule has 5 heterocycles. The lowest BCUT2D eigenvalue weighted by atomic mass is 9.71. The fourth-order valence-electron chi connectivity index (χ4n) is 8.72. The Labute approximate surface area is 313 Å². The molecule has 1 spiro atoms. The maximum absolute atomic E-state index is 15.6. The van der Waals surface area contributed by atoms with Crippen LogP contribution in [0.3, 0.4) is 0 Å². The number of likely N-dealkylation sites (N-methyl/N-ethyl adjacent to an activating group) is 1. The van der Waals surface area contributed by atoms with Gasteiger partial charge in [0.2, 0.25) is 11.8 Å². The highest BCUT2D eigenvalue weighted by Crippen LogP contribution is 2.44. The van der Waals surface area contributed by atoms with Gasteiger partial charge in [-0.25, -0.2) is 9.07 Å². The number of carbonyl (C=O) groups excluding carboxylic acids is 3. The van der Waals surface area contributed by atoms with Gasteiger partial charge in [-0.15, -0.1) is 0 Å². The minimum Gasteiger partial charge on any atom is -0.496 e. The van der Waals surface area contributed by atoms with Crippen LogP contribution in [-0.2, 0) is 16.6 Å². The van der Waals surface area contributed by atoms with Crippen molar-refractivity contribution >= 4 is 40.7 Å². The molecule has 4 saturated heterocycles. The van der Waals surface area contributed by atoms with E-state index in [1.165, 1.54) is 17.9 Å². The van der Waals surface area contributed by atoms with Crippen LogP contribution in [-0.4, -0.2) is 96.8 Å². The Morgan fingerprint density at radius 3 is 2.40 bits per heavy atom. The van der Waals surface area contributed by atoms with Gasteiger partial charge in [-0.2, -0.15) is 5.10 Å². The van der Waals surface area contributed by atoms with Crippen LogP contribution in [0.15, 0.2) is 47.4 Å². The van der Waals surface area contributed by atoms with Crippen LogP contribution in [0.2, 0.25) is 5.02 Å². The van der Waals surface area contributed by atoms with Gasteiger partial charge >= 0.3 is 0 Å². The molecule has 1 aromatic heterocycles. The van der Waals surface area contributed by atoms with Crippen molar-refractivity contribution < 1.29 is 23.5 Å². The Kier molecular flexibility index (Phi) is 10.5. The maximum Gasteiger partial charge on any atom is 0.287 e. The van der Waals surface area contributed by atoms with Gasteiger partial charge in [-0.1, -0.05) is 23.7 Å². The zero-order valence-electron chi connectivity index (χ0n) is 30.5. The van der Waals surface area contributed by atoms with Crippen molar-refractivity contribution in [1.29, 1.82) is 0 Å². The minimum atomic E-state index is -0.630. The fourth-order valence-corrected chi connectivity index (χ4v) is 8.95. The molecule has 4 fully saturated rings. The molecule has 282 valence electrons. The number of piperidine rings is 4. The number of rotatable bonds is 7. The number of halogens is 2. The molecule has 3 amide bonds. The van der Waals surface area contributed by atoms with E-state index in [-0.39, 0.29) is 46.2 Å². The molecular weight excluding hydrogens is 701 g/mol. The molecule has 53 heavy (non-hydrogen) atoms. The van der Waals surface area contributed by atoms with Gasteiger partial charge in [0, 0.05) is 76.0 Å². The third-order valence-electron chi connectivity index (χ3n) is 11.9. The normalized spacial score (nSPS) is 23.5. The summed E-state index contributed by atoms with van der Waals surface area (Å²) in [7, 11) is 5.16. The summed E-state index contributed by atoms with van der Waals surface area (Å²) in [5, 5.41) is 10.0. The van der Waals surface area contributed by atoms with Crippen LogP contribution >= 0.6 is 11.6 Å². The highest BCUT2D eigenvalue weighted by Gasteiger charge is 2.40. The first kappa shape index (κ1) is 36.9. The summed E-state index contributed by atoms with van der Waals surface area (Å²) in [6, 6.07) is 11.2. The molecule has 7 rings (SSSR count). The standard InChI is InChI=1S/C39H47ClFN7O5/c1-45-22-26(18-27(23-45)43-31-21-42-46(2)38(52)35(31)40)24-4-6-25(7-5-24)37(51)48-16-12-39(13-17-48)10-14-47(15-11-39)32-20-33(53-3)29(19-30(32)41)28-8-9-34(49)44-36(28)50/h4-7,19-21,26-28,43H,8-18,22-23H2,1-3H3,(H,44,49,50). The second kappa shape index (κ2) is 15.1. The molecule has 4 aliphatic heterocycles. The molecule has 2 N–H and O–H groups in total. The Morgan fingerprint density at radius 2 is 1.72 bits per heavy atom. The van der Waals surface area contributed by atoms with E-state index in [0.29, 0.717) is 60.9 Å². The number of likely N-dealkylation sites (tertiary alicyclic amines) is 2. The number of benzene rings is 2. The number of methoxy groups -OCH3 is 1. The van der Waals surface area contributed by atoms with Gasteiger partial charge in [0.25, 0.3) is 11.5 Å². The average molecular weight is 748 g/mol. The molecular formula is C39H47ClFN7O5. The lowest BCUT2D eigenvalue weighted by molar-refractivity contribution is -0.134. The van der Waals surface area contributed by atoms with Gasteiger partial charge in [-0.05, 0) is 80.7 Å². The van der Waals surface area contributed by atoms with Gasteiger partial charge < -0.3 is 24.8 Å². The number of amides is 3. The largest absolute Gasteiger partial charge is 0.496 e. The van der Waals surface area contributed by atoms with E-state index >= 15 is 4.39 Å². The van der Waals surface area contributed by atoms with Crippen molar-refractivity contribution in [2.24, 2.45) is 12.5 Å². The van der Waals surface area contributed by atoms with Crippen molar-refractivity contribution in [3.05, 3.63) is 80.5 Å². The first-order chi connectivity index (χ1) is 25.4.